The Bertz CT molecular complexity index is 132. The second-order valence-electron chi connectivity index (χ2n) is 4.42. The van der Waals surface area contributed by atoms with E-state index in [4.69, 9.17) is 0 Å². The molecule has 0 aromatic heterocycles. The quantitative estimate of drug-likeness (QED) is 0.640. The van der Waals surface area contributed by atoms with Gasteiger partial charge in [-0.25, -0.2) is 0 Å². The molecule has 0 bridgehead atoms. The average Bonchev–Trinajstić information content (AvgIpc) is 2.17. The van der Waals surface area contributed by atoms with E-state index >= 15 is 0 Å². The molecule has 0 aromatic rings. The van der Waals surface area contributed by atoms with Crippen LogP contribution in [0.5, 0.6) is 0 Å². The molecule has 2 heteroatoms. The van der Waals surface area contributed by atoms with Crippen LogP contribution in [0.25, 0.3) is 0 Å². The molecule has 0 N–H and O–H groups in total. The molecule has 1 fully saturated rings. The topological polar surface area (TPSA) is 0 Å². The normalized spacial score (nSPS) is 26.5. The van der Waals surface area contributed by atoms with Crippen LogP contribution in [0.1, 0.15) is 46.5 Å². The van der Waals surface area contributed by atoms with Gasteiger partial charge in [0.05, 0.1) is 8.07 Å². The van der Waals surface area contributed by atoms with E-state index in [9.17, 15) is 0 Å². The summed E-state index contributed by atoms with van der Waals surface area (Å²) in [7, 11) is -0.760. The van der Waals surface area contributed by atoms with Crippen LogP contribution in [0.15, 0.2) is 0 Å². The van der Waals surface area contributed by atoms with Crippen LogP contribution in [0, 0.1) is 0 Å². The maximum absolute atomic E-state index is 2.45. The Hall–Kier alpha value is 1.85. The summed E-state index contributed by atoms with van der Waals surface area (Å²) >= 11 is 0. The summed E-state index contributed by atoms with van der Waals surface area (Å²) in [6.45, 7) is 7.30. The zero-order chi connectivity index (χ0) is 9.03. The summed E-state index contributed by atoms with van der Waals surface area (Å²) in [5, 5.41) is 0. The summed E-state index contributed by atoms with van der Waals surface area (Å²) in [5.74, 6) is 0. The molecule has 1 saturated heterocycles. The van der Waals surface area contributed by atoms with E-state index in [0.29, 0.717) is 0 Å². The van der Waals surface area contributed by atoms with Crippen molar-refractivity contribution >= 4 is 59.5 Å². The van der Waals surface area contributed by atoms with E-state index in [1.807, 2.05) is 0 Å². The van der Waals surface area contributed by atoms with Gasteiger partial charge in [-0.1, -0.05) is 64.6 Å². The van der Waals surface area contributed by atoms with Gasteiger partial charge in [0, 0.05) is 0 Å². The van der Waals surface area contributed by atoms with Crippen molar-refractivity contribution in [3.63, 3.8) is 0 Å². The molecule has 1 aliphatic heterocycles. The Morgan fingerprint density at radius 2 is 1.69 bits per heavy atom. The van der Waals surface area contributed by atoms with Crippen molar-refractivity contribution in [3.8, 4) is 0 Å². The molecule has 0 spiro atoms. The van der Waals surface area contributed by atoms with E-state index < -0.39 is 8.07 Å². The van der Waals surface area contributed by atoms with Crippen LogP contribution >= 0.6 is 0 Å². The Balaban J connectivity index is 0.00000144. The van der Waals surface area contributed by atoms with Crippen LogP contribution in [-0.4, -0.2) is 59.5 Å². The number of hydrogen-bond donors (Lipinski definition) is 0. The van der Waals surface area contributed by atoms with E-state index in [0.717, 1.165) is 0 Å². The third kappa shape index (κ3) is 3.42. The number of hydrogen-bond acceptors (Lipinski definition) is 0. The van der Waals surface area contributed by atoms with Crippen molar-refractivity contribution in [3.05, 3.63) is 0 Å². The average molecular weight is 225 g/mol. The Morgan fingerprint density at radius 3 is 2.08 bits per heavy atom. The molecule has 0 radical (unpaired) electrons. The van der Waals surface area contributed by atoms with Gasteiger partial charge in [-0.05, 0) is 5.54 Å². The van der Waals surface area contributed by atoms with Crippen molar-refractivity contribution in [1.82, 2.24) is 0 Å². The molecule has 1 atom stereocenters. The standard InChI is InChI=1S/C11H24Si.K.H/c1-4-11-9-7-8-10-12(11,5-2)6-3;;/h11H,4-10H2,1-3H3;;. The molecule has 0 aliphatic carbocycles. The van der Waals surface area contributed by atoms with Gasteiger partial charge >= 0.3 is 51.4 Å². The minimum absolute atomic E-state index is 0. The van der Waals surface area contributed by atoms with Gasteiger partial charge in [-0.2, -0.15) is 0 Å². The summed E-state index contributed by atoms with van der Waals surface area (Å²) < 4.78 is 0. The Labute approximate surface area is 128 Å². The van der Waals surface area contributed by atoms with Gasteiger partial charge < -0.3 is 0 Å². The molecule has 1 aliphatic rings. The second kappa shape index (κ2) is 7.18. The molecule has 13 heavy (non-hydrogen) atoms. The summed E-state index contributed by atoms with van der Waals surface area (Å²) in [6, 6.07) is 4.72. The van der Waals surface area contributed by atoms with Gasteiger partial charge in [0.1, 0.15) is 0 Å². The van der Waals surface area contributed by atoms with Crippen molar-refractivity contribution in [2.45, 2.75) is 70.1 Å². The fraction of sp³-hybridized carbons (Fsp3) is 1.00. The van der Waals surface area contributed by atoms with Crippen LogP contribution in [0.3, 0.4) is 0 Å². The third-order valence-electron chi connectivity index (χ3n) is 4.24. The van der Waals surface area contributed by atoms with Crippen molar-refractivity contribution < 1.29 is 0 Å². The predicted octanol–water partition coefficient (Wildman–Crippen LogP) is 3.79. The second-order valence-corrected chi connectivity index (χ2v) is 9.88. The molecule has 1 heterocycles. The first-order valence-electron chi connectivity index (χ1n) is 5.79. The van der Waals surface area contributed by atoms with Gasteiger partial charge in [0.25, 0.3) is 0 Å². The summed E-state index contributed by atoms with van der Waals surface area (Å²) in [6.07, 6.45) is 6.09. The zero-order valence-electron chi connectivity index (χ0n) is 9.03. The zero-order valence-corrected chi connectivity index (χ0v) is 10.0. The van der Waals surface area contributed by atoms with E-state index in [1.165, 1.54) is 18.4 Å². The molecule has 0 nitrogen and oxygen atoms in total. The summed E-state index contributed by atoms with van der Waals surface area (Å²) in [4.78, 5) is 0. The number of rotatable bonds is 3. The molecular weight excluding hydrogens is 199 g/mol. The van der Waals surface area contributed by atoms with Crippen molar-refractivity contribution in [2.75, 3.05) is 0 Å². The Morgan fingerprint density at radius 1 is 1.08 bits per heavy atom. The first kappa shape index (κ1) is 14.9. The molecular formula is C11H25KSi. The van der Waals surface area contributed by atoms with E-state index in [2.05, 4.69) is 20.8 Å². The van der Waals surface area contributed by atoms with E-state index in [-0.39, 0.29) is 51.4 Å². The molecule has 0 amide bonds. The molecule has 0 saturated carbocycles. The van der Waals surface area contributed by atoms with Gasteiger partial charge in [0.15, 0.2) is 0 Å². The molecule has 1 unspecified atom stereocenters. The van der Waals surface area contributed by atoms with Gasteiger partial charge in [0.2, 0.25) is 0 Å². The third-order valence-corrected chi connectivity index (χ3v) is 10.8. The van der Waals surface area contributed by atoms with Crippen LogP contribution < -0.4 is 0 Å². The van der Waals surface area contributed by atoms with Gasteiger partial charge in [-0.15, -0.1) is 0 Å². The maximum atomic E-state index is 2.45. The predicted molar refractivity (Wildman–Crippen MR) is 66.6 cm³/mol. The minimum atomic E-state index is -0.760. The molecule has 0 aromatic carbocycles. The molecule has 74 valence electrons. The van der Waals surface area contributed by atoms with Crippen molar-refractivity contribution in [2.24, 2.45) is 0 Å². The van der Waals surface area contributed by atoms with Crippen LogP contribution in [-0.2, 0) is 0 Å². The monoisotopic (exact) mass is 224 g/mol. The van der Waals surface area contributed by atoms with Crippen molar-refractivity contribution in [1.29, 1.82) is 0 Å². The fourth-order valence-corrected chi connectivity index (χ4v) is 8.60. The summed E-state index contributed by atoms with van der Waals surface area (Å²) in [5.41, 5.74) is 1.17. The first-order chi connectivity index (χ1) is 5.79. The SMILES string of the molecule is CCC1CCCC[Si]1(CC)CC.[KH]. The van der Waals surface area contributed by atoms with Crippen LogP contribution in [0.4, 0.5) is 0 Å². The first-order valence-corrected chi connectivity index (χ1v) is 8.49. The molecule has 1 rings (SSSR count). The van der Waals surface area contributed by atoms with Gasteiger partial charge in [-0.3, -0.25) is 0 Å². The Kier molecular flexibility index (Phi) is 8.20. The fourth-order valence-electron chi connectivity index (χ4n) is 3.20. The van der Waals surface area contributed by atoms with Crippen LogP contribution in [0.2, 0.25) is 23.7 Å². The van der Waals surface area contributed by atoms with E-state index in [1.54, 1.807) is 31.0 Å².